The number of aromatic nitrogens is 2. The van der Waals surface area contributed by atoms with Crippen LogP contribution in [0.5, 0.6) is 0 Å². The van der Waals surface area contributed by atoms with Gasteiger partial charge >= 0.3 is 12.1 Å². The maximum Gasteiger partial charge on any atom is 0.324 e. The summed E-state index contributed by atoms with van der Waals surface area (Å²) in [6, 6.07) is 8.97. The molecule has 2 aromatic carbocycles. The third kappa shape index (κ3) is 6.72. The van der Waals surface area contributed by atoms with E-state index in [1.54, 1.807) is 24.3 Å². The molecule has 0 bridgehead atoms. The molecule has 8 rings (SSSR count). The van der Waals surface area contributed by atoms with Crippen LogP contribution in [-0.2, 0) is 9.59 Å². The summed E-state index contributed by atoms with van der Waals surface area (Å²) in [5.74, 6) is -8.65. The first kappa shape index (κ1) is 35.0. The largest absolute Gasteiger partial charge is 0.329 e. The van der Waals surface area contributed by atoms with Gasteiger partial charge in [-0.05, 0) is 60.4 Å². The summed E-state index contributed by atoms with van der Waals surface area (Å²) in [6.07, 6.45) is 4.38. The van der Waals surface area contributed by atoms with E-state index in [1.807, 2.05) is 0 Å². The molecule has 2 aliphatic heterocycles. The molecule has 0 spiro atoms. The Balaban J connectivity index is 0.000000172. The lowest BCUT2D eigenvalue weighted by Crippen LogP contribution is -2.33. The molecule has 2 saturated carbocycles. The van der Waals surface area contributed by atoms with Crippen molar-refractivity contribution in [2.45, 2.75) is 44.2 Å². The Morgan fingerprint density at radius 2 is 0.922 bits per heavy atom. The topological polar surface area (TPSA) is 125 Å². The third-order valence-electron chi connectivity index (χ3n) is 8.92. The zero-order chi connectivity index (χ0) is 35.4. The first-order valence-electron chi connectivity index (χ1n) is 15.3. The summed E-state index contributed by atoms with van der Waals surface area (Å²) in [5.41, 5.74) is 2.50. The molecule has 4 aromatic rings. The van der Waals surface area contributed by atoms with E-state index in [4.69, 9.17) is 0 Å². The first-order chi connectivity index (χ1) is 23.9. The summed E-state index contributed by atoms with van der Waals surface area (Å²) >= 11 is 0. The summed E-state index contributed by atoms with van der Waals surface area (Å²) in [7, 11) is 0. The van der Waals surface area contributed by atoms with Crippen LogP contribution in [0.2, 0.25) is 0 Å². The fourth-order valence-corrected chi connectivity index (χ4v) is 6.19. The Morgan fingerprint density at radius 3 is 1.20 bits per heavy atom. The Kier molecular flexibility index (Phi) is 9.27. The Morgan fingerprint density at radius 1 is 0.569 bits per heavy atom. The van der Waals surface area contributed by atoms with Gasteiger partial charge in [-0.2, -0.15) is 0 Å². The fraction of sp³-hybridized carbons (Fsp3) is 0.257. The van der Waals surface area contributed by atoms with Crippen LogP contribution < -0.4 is 10.6 Å². The van der Waals surface area contributed by atoms with E-state index in [0.717, 1.165) is 35.4 Å². The molecular weight excluding hydrogens is 682 g/mol. The Labute approximate surface area is 286 Å². The zero-order valence-corrected chi connectivity index (χ0v) is 25.6. The number of imide groups is 2. The van der Waals surface area contributed by atoms with Crippen molar-refractivity contribution in [2.24, 2.45) is 0 Å². The monoisotopic (exact) mass is 710 g/mol. The molecule has 2 aromatic heterocycles. The van der Waals surface area contributed by atoms with Crippen LogP contribution in [0.1, 0.15) is 43.2 Å². The Hall–Kier alpha value is -5.80. The molecule has 10 nitrogen and oxygen atoms in total. The van der Waals surface area contributed by atoms with Crippen molar-refractivity contribution < 1.29 is 45.5 Å². The predicted octanol–water partition coefficient (Wildman–Crippen LogP) is 5.78. The average Bonchev–Trinajstić information content (AvgIpc) is 4.01. The molecule has 2 aliphatic carbocycles. The number of carbonyl (C=O) groups excluding carboxylic acids is 4. The smallest absolute Gasteiger partial charge is 0.324 e. The lowest BCUT2D eigenvalue weighted by molar-refractivity contribution is -0.126. The van der Waals surface area contributed by atoms with E-state index in [2.05, 4.69) is 20.6 Å². The van der Waals surface area contributed by atoms with Crippen LogP contribution in [-0.4, -0.2) is 68.8 Å². The number of pyridine rings is 2. The van der Waals surface area contributed by atoms with Crippen molar-refractivity contribution in [1.82, 2.24) is 30.4 Å². The van der Waals surface area contributed by atoms with Gasteiger partial charge < -0.3 is 10.6 Å². The van der Waals surface area contributed by atoms with Crippen LogP contribution in [0.15, 0.2) is 60.9 Å². The van der Waals surface area contributed by atoms with Gasteiger partial charge in [-0.25, -0.2) is 35.9 Å². The van der Waals surface area contributed by atoms with Crippen LogP contribution in [0.3, 0.4) is 0 Å². The van der Waals surface area contributed by atoms with Crippen molar-refractivity contribution in [3.8, 4) is 22.5 Å². The van der Waals surface area contributed by atoms with E-state index in [0.29, 0.717) is 24.2 Å². The van der Waals surface area contributed by atoms with E-state index in [9.17, 15) is 45.5 Å². The number of nitrogens with one attached hydrogen (secondary N) is 2. The minimum absolute atomic E-state index is 0. The summed E-state index contributed by atoms with van der Waals surface area (Å²) in [4.78, 5) is 57.5. The second-order valence-electron chi connectivity index (χ2n) is 12.1. The van der Waals surface area contributed by atoms with Crippen LogP contribution in [0.25, 0.3) is 22.5 Å². The minimum atomic E-state index is -1.52. The molecule has 2 saturated heterocycles. The molecular formula is C35H28F6N6O4. The van der Waals surface area contributed by atoms with Gasteiger partial charge in [-0.15, -0.1) is 0 Å². The summed E-state index contributed by atoms with van der Waals surface area (Å²) in [6.45, 7) is 0.0296. The highest BCUT2D eigenvalue weighted by molar-refractivity contribution is 6.03. The number of carbonyl (C=O) groups is 4. The number of amides is 6. The molecule has 0 radical (unpaired) electrons. The van der Waals surface area contributed by atoms with Gasteiger partial charge in [0.05, 0.1) is 24.5 Å². The second kappa shape index (κ2) is 13.5. The van der Waals surface area contributed by atoms with Crippen molar-refractivity contribution in [2.75, 3.05) is 13.1 Å². The highest BCUT2D eigenvalue weighted by Crippen LogP contribution is 2.46. The van der Waals surface area contributed by atoms with Crippen LogP contribution in [0.4, 0.5) is 35.9 Å². The molecule has 16 heteroatoms. The highest BCUT2D eigenvalue weighted by Gasteiger charge is 2.50. The van der Waals surface area contributed by atoms with Crippen molar-refractivity contribution >= 4 is 23.9 Å². The normalized spacial score (nSPS) is 21.8. The van der Waals surface area contributed by atoms with E-state index < -0.39 is 34.9 Å². The number of halogens is 6. The highest BCUT2D eigenvalue weighted by atomic mass is 19.2. The summed E-state index contributed by atoms with van der Waals surface area (Å²) < 4.78 is 79.3. The van der Waals surface area contributed by atoms with Crippen molar-refractivity contribution in [3.05, 3.63) is 107 Å². The molecule has 2 N–H and O–H groups in total. The maximum atomic E-state index is 13.3. The van der Waals surface area contributed by atoms with E-state index in [1.165, 1.54) is 22.2 Å². The van der Waals surface area contributed by atoms with Crippen molar-refractivity contribution in [3.63, 3.8) is 0 Å². The second-order valence-corrected chi connectivity index (χ2v) is 12.1. The molecule has 6 amide bonds. The van der Waals surface area contributed by atoms with E-state index >= 15 is 0 Å². The lowest BCUT2D eigenvalue weighted by atomic mass is 10.1. The maximum absolute atomic E-state index is 13.3. The number of rotatable bonds is 6. The van der Waals surface area contributed by atoms with Gasteiger partial charge in [-0.3, -0.25) is 29.4 Å². The minimum Gasteiger partial charge on any atom is -0.329 e. The lowest BCUT2D eigenvalue weighted by Gasteiger charge is -2.12. The average molecular weight is 711 g/mol. The van der Waals surface area contributed by atoms with Gasteiger partial charge in [0.25, 0.3) is 0 Å². The number of benzene rings is 2. The van der Waals surface area contributed by atoms with Crippen LogP contribution >= 0.6 is 0 Å². The molecule has 51 heavy (non-hydrogen) atoms. The predicted molar refractivity (Wildman–Crippen MR) is 169 cm³/mol. The quantitative estimate of drug-likeness (QED) is 0.149. The third-order valence-corrected chi connectivity index (χ3v) is 8.92. The number of hydrogen-bond donors (Lipinski definition) is 2. The SMILES string of the molecule is C.O=C1CNC(=O)N1[C@@H]1C[C@H]1c1ccc(-c2cc(F)c(F)c(F)c2)nc1.O=C1CNC(=O)N1[C@H]1C[C@@H]1c1ccc(-c2cc(F)c(F)c(F)c2)nc1. The standard InChI is InChI=1S/2C17H12F3N3O2.CH4/c2*18-11-3-9(4-12(19)16(11)20)13-2-1-8(6-21-13)10-5-14(10)23-15(24)7-22-17(23)25;/h2*1-4,6,10,14H,5,7H2,(H,22,25);1H4/t2*10-,14+;/m10./s1. The van der Waals surface area contributed by atoms with E-state index in [-0.39, 0.29) is 79.4 Å². The molecule has 4 fully saturated rings. The van der Waals surface area contributed by atoms with Crippen LogP contribution in [0, 0.1) is 34.9 Å². The van der Waals surface area contributed by atoms with Gasteiger partial charge in [0.2, 0.25) is 11.8 Å². The fourth-order valence-electron chi connectivity index (χ4n) is 6.19. The van der Waals surface area contributed by atoms with Crippen molar-refractivity contribution in [1.29, 1.82) is 0 Å². The number of nitrogens with zero attached hydrogens (tertiary/aromatic N) is 4. The Bertz CT molecular complexity index is 1840. The number of hydrogen-bond acceptors (Lipinski definition) is 6. The molecule has 0 unspecified atom stereocenters. The van der Waals surface area contributed by atoms with Gasteiger partial charge in [0.15, 0.2) is 34.9 Å². The first-order valence-corrected chi connectivity index (χ1v) is 15.3. The molecule has 264 valence electrons. The van der Waals surface area contributed by atoms with Gasteiger partial charge in [0.1, 0.15) is 0 Å². The molecule has 4 heterocycles. The zero-order valence-electron chi connectivity index (χ0n) is 25.6. The molecule has 4 atom stereocenters. The number of urea groups is 2. The van der Waals surface area contributed by atoms with Gasteiger partial charge in [0, 0.05) is 47.4 Å². The molecule has 4 aliphatic rings. The van der Waals surface area contributed by atoms with Gasteiger partial charge in [-0.1, -0.05) is 19.6 Å². The summed E-state index contributed by atoms with van der Waals surface area (Å²) in [5, 5.41) is 4.96.